The van der Waals surface area contributed by atoms with Crippen molar-refractivity contribution in [1.29, 1.82) is 0 Å². The van der Waals surface area contributed by atoms with E-state index in [1.54, 1.807) is 0 Å². The molecular weight excluding hydrogens is 556 g/mol. The Morgan fingerprint density at radius 2 is 1.13 bits per heavy atom. The predicted octanol–water partition coefficient (Wildman–Crippen LogP) is 7.95. The third kappa shape index (κ3) is 9.21. The van der Waals surface area contributed by atoms with Crippen LogP contribution in [-0.2, 0) is 30.7 Å². The molecule has 236 valence electrons. The lowest BCUT2D eigenvalue weighted by Gasteiger charge is -2.35. The molecule has 0 fully saturated rings. The van der Waals surface area contributed by atoms with E-state index in [9.17, 15) is 4.79 Å². The highest BCUT2D eigenvalue weighted by atomic mass is 16.5. The van der Waals surface area contributed by atoms with Crippen LogP contribution >= 0.6 is 0 Å². The number of hydrogen-bond acceptors (Lipinski definition) is 4. The van der Waals surface area contributed by atoms with Crippen LogP contribution in [0.15, 0.2) is 97.1 Å². The number of carbonyl (C=O) groups is 1. The number of hydrogen-bond donors (Lipinski definition) is 0. The summed E-state index contributed by atoms with van der Waals surface area (Å²) in [5.74, 6) is 1.96. The van der Waals surface area contributed by atoms with Crippen molar-refractivity contribution in [3.05, 3.63) is 130 Å². The normalized spacial score (nSPS) is 17.4. The molecule has 4 aromatic rings. The number of benzene rings is 4. The summed E-state index contributed by atoms with van der Waals surface area (Å²) in [4.78, 5) is 17.1. The molecule has 0 bridgehead atoms. The van der Waals surface area contributed by atoms with Crippen molar-refractivity contribution in [2.45, 2.75) is 78.6 Å². The highest BCUT2D eigenvalue weighted by Crippen LogP contribution is 2.25. The van der Waals surface area contributed by atoms with Gasteiger partial charge in [-0.15, -0.1) is 0 Å². The van der Waals surface area contributed by atoms with Crippen LogP contribution in [0.3, 0.4) is 0 Å². The Kier molecular flexibility index (Phi) is 11.3. The predicted molar refractivity (Wildman–Crippen MR) is 183 cm³/mol. The molecule has 2 heterocycles. The summed E-state index contributed by atoms with van der Waals surface area (Å²) >= 11 is 0. The summed E-state index contributed by atoms with van der Waals surface area (Å²) in [6.45, 7) is 12.7. The van der Waals surface area contributed by atoms with Crippen LogP contribution in [0, 0.1) is 13.8 Å². The Morgan fingerprint density at radius 1 is 0.644 bits per heavy atom. The van der Waals surface area contributed by atoms with Gasteiger partial charge in [0.15, 0.2) is 0 Å². The van der Waals surface area contributed by atoms with Crippen LogP contribution in [0.5, 0.6) is 11.5 Å². The van der Waals surface area contributed by atoms with Crippen LogP contribution in [0.25, 0.3) is 0 Å². The monoisotopic (exact) mass is 604 g/mol. The Labute approximate surface area is 269 Å². The van der Waals surface area contributed by atoms with Crippen LogP contribution in [0.2, 0.25) is 0 Å². The van der Waals surface area contributed by atoms with Gasteiger partial charge in [0.25, 0.3) is 0 Å². The fourth-order valence-electron chi connectivity index (χ4n) is 6.17. The Bertz CT molecular complexity index is 1520. The molecule has 1 amide bonds. The molecule has 2 aliphatic heterocycles. The smallest absolute Gasteiger partial charge is 0.226 e. The third-order valence-corrected chi connectivity index (χ3v) is 8.94. The minimum Gasteiger partial charge on any atom is -0.494 e. The van der Waals surface area contributed by atoms with Gasteiger partial charge in [-0.2, -0.15) is 0 Å². The molecule has 0 N–H and O–H groups in total. The molecule has 2 atom stereocenters. The quantitative estimate of drug-likeness (QED) is 0.182. The molecule has 6 rings (SSSR count). The maximum Gasteiger partial charge on any atom is 0.226 e. The third-order valence-electron chi connectivity index (χ3n) is 8.94. The Hall–Kier alpha value is -4.09. The van der Waals surface area contributed by atoms with Gasteiger partial charge in [0.2, 0.25) is 5.91 Å². The first-order chi connectivity index (χ1) is 21.9. The second kappa shape index (κ2) is 15.8. The van der Waals surface area contributed by atoms with Crippen LogP contribution in [-0.4, -0.2) is 47.5 Å². The van der Waals surface area contributed by atoms with E-state index >= 15 is 0 Å². The molecule has 5 heteroatoms. The fourth-order valence-corrected chi connectivity index (χ4v) is 6.17. The number of fused-ring (bicyclic) bond motifs is 2. The van der Waals surface area contributed by atoms with E-state index in [2.05, 4.69) is 92.4 Å². The van der Waals surface area contributed by atoms with Gasteiger partial charge >= 0.3 is 0 Å². The van der Waals surface area contributed by atoms with E-state index in [0.29, 0.717) is 25.6 Å². The van der Waals surface area contributed by atoms with E-state index < -0.39 is 0 Å². The summed E-state index contributed by atoms with van der Waals surface area (Å²) in [6, 6.07) is 34.3. The van der Waals surface area contributed by atoms with Crippen molar-refractivity contribution in [3.63, 3.8) is 0 Å². The van der Waals surface area contributed by atoms with Crippen molar-refractivity contribution in [3.8, 4) is 11.5 Å². The Balaban J connectivity index is 0.000000178. The summed E-state index contributed by atoms with van der Waals surface area (Å²) in [7, 11) is 0. The van der Waals surface area contributed by atoms with Crippen molar-refractivity contribution in [1.82, 2.24) is 9.80 Å². The second-order valence-electron chi connectivity index (χ2n) is 12.6. The van der Waals surface area contributed by atoms with Gasteiger partial charge in [0.05, 0.1) is 19.6 Å². The van der Waals surface area contributed by atoms with Crippen molar-refractivity contribution >= 4 is 5.91 Å². The largest absolute Gasteiger partial charge is 0.494 e. The second-order valence-corrected chi connectivity index (χ2v) is 12.6. The van der Waals surface area contributed by atoms with Gasteiger partial charge in [-0.05, 0) is 93.5 Å². The minimum absolute atomic E-state index is 0.166. The topological polar surface area (TPSA) is 42.0 Å². The van der Waals surface area contributed by atoms with Crippen molar-refractivity contribution in [2.75, 3.05) is 19.8 Å². The molecule has 5 nitrogen and oxygen atoms in total. The maximum absolute atomic E-state index is 12.5. The van der Waals surface area contributed by atoms with Crippen molar-refractivity contribution in [2.24, 2.45) is 0 Å². The zero-order chi connectivity index (χ0) is 31.6. The number of aryl methyl sites for hydroxylation is 2. The van der Waals surface area contributed by atoms with E-state index in [4.69, 9.17) is 9.47 Å². The molecule has 2 unspecified atom stereocenters. The lowest BCUT2D eigenvalue weighted by Crippen LogP contribution is -2.43. The van der Waals surface area contributed by atoms with Crippen LogP contribution in [0.1, 0.15) is 60.1 Å². The van der Waals surface area contributed by atoms with Crippen LogP contribution < -0.4 is 9.47 Å². The van der Waals surface area contributed by atoms with Gasteiger partial charge in [-0.3, -0.25) is 9.69 Å². The highest BCUT2D eigenvalue weighted by Gasteiger charge is 2.26. The summed E-state index contributed by atoms with van der Waals surface area (Å²) in [5, 5.41) is 0. The van der Waals surface area contributed by atoms with Gasteiger partial charge < -0.3 is 14.4 Å². The first-order valence-corrected chi connectivity index (χ1v) is 16.4. The standard InChI is InChI=1S/C20H23NO2.C20H25NO/c1-15-7-9-19(10-8-15)23-12-11-20(22)21-14-18-6-4-3-5-17(18)13-16(21)2;1-16-8-10-20(11-9-16)22-13-5-12-21-15-19-7-4-3-6-18(19)14-17(21)2/h3-10,16H,11-14H2,1-2H3;3-4,6-11,17H,5,12-15H2,1-2H3. The minimum atomic E-state index is 0.166. The molecule has 0 spiro atoms. The molecular formula is C40H48N2O3. The molecule has 0 aromatic heterocycles. The molecule has 4 aromatic carbocycles. The number of ether oxygens (including phenoxy) is 2. The molecule has 2 aliphatic rings. The summed E-state index contributed by atoms with van der Waals surface area (Å²) < 4.78 is 11.5. The van der Waals surface area contributed by atoms with E-state index in [1.165, 1.54) is 33.4 Å². The fraction of sp³-hybridized carbons (Fsp3) is 0.375. The maximum atomic E-state index is 12.5. The molecule has 0 aliphatic carbocycles. The Morgan fingerprint density at radius 3 is 1.71 bits per heavy atom. The molecule has 45 heavy (non-hydrogen) atoms. The average Bonchev–Trinajstić information content (AvgIpc) is 3.05. The molecule has 0 saturated carbocycles. The van der Waals surface area contributed by atoms with Crippen molar-refractivity contribution < 1.29 is 14.3 Å². The molecule has 0 radical (unpaired) electrons. The van der Waals surface area contributed by atoms with Gasteiger partial charge in [0.1, 0.15) is 11.5 Å². The van der Waals surface area contributed by atoms with Gasteiger partial charge in [-0.1, -0.05) is 83.9 Å². The lowest BCUT2D eigenvalue weighted by atomic mass is 9.94. The first kappa shape index (κ1) is 32.3. The zero-order valence-electron chi connectivity index (χ0n) is 27.4. The number of nitrogens with zero attached hydrogens (tertiary/aromatic N) is 2. The van der Waals surface area contributed by atoms with Gasteiger partial charge in [0, 0.05) is 31.7 Å². The SMILES string of the molecule is Cc1ccc(OCCC(=O)N2Cc3ccccc3CC2C)cc1.Cc1ccc(OCCCN2Cc3ccccc3CC2C)cc1. The zero-order valence-corrected chi connectivity index (χ0v) is 27.4. The number of rotatable bonds is 9. The van der Waals surface area contributed by atoms with E-state index in [-0.39, 0.29) is 11.9 Å². The van der Waals surface area contributed by atoms with E-state index in [1.807, 2.05) is 42.2 Å². The highest BCUT2D eigenvalue weighted by molar-refractivity contribution is 5.77. The first-order valence-electron chi connectivity index (χ1n) is 16.4. The summed E-state index contributed by atoms with van der Waals surface area (Å²) in [6.07, 6.45) is 3.58. The van der Waals surface area contributed by atoms with Gasteiger partial charge in [-0.25, -0.2) is 0 Å². The number of amides is 1. The van der Waals surface area contributed by atoms with Crippen LogP contribution in [0.4, 0.5) is 0 Å². The summed E-state index contributed by atoms with van der Waals surface area (Å²) in [5.41, 5.74) is 8.10. The van der Waals surface area contributed by atoms with E-state index in [0.717, 1.165) is 50.5 Å². The average molecular weight is 605 g/mol. The number of carbonyl (C=O) groups excluding carboxylic acids is 1. The molecule has 0 saturated heterocycles. The lowest BCUT2D eigenvalue weighted by molar-refractivity contribution is -0.134.